The Labute approximate surface area is 183 Å². The first-order valence-electron chi connectivity index (χ1n) is 10.1. The van der Waals surface area contributed by atoms with Crippen LogP contribution in [0.1, 0.15) is 31.9 Å². The number of carbonyl (C=O) groups excluding carboxylic acids is 1. The van der Waals surface area contributed by atoms with Gasteiger partial charge in [-0.05, 0) is 43.2 Å². The summed E-state index contributed by atoms with van der Waals surface area (Å²) in [6.45, 7) is 4.59. The summed E-state index contributed by atoms with van der Waals surface area (Å²) in [4.78, 5) is 13.2. The Hall–Kier alpha value is -2.94. The van der Waals surface area contributed by atoms with E-state index in [4.69, 9.17) is 14.2 Å². The molecule has 168 valence electrons. The topological polar surface area (TPSA) is 94.2 Å². The summed E-state index contributed by atoms with van der Waals surface area (Å²) in [6, 6.07) is 10.9. The molecule has 8 nitrogen and oxygen atoms in total. The van der Waals surface area contributed by atoms with Gasteiger partial charge in [-0.15, -0.1) is 0 Å². The zero-order chi connectivity index (χ0) is 22.6. The molecule has 0 saturated heterocycles. The molecule has 2 aromatic rings. The molecule has 9 heteroatoms. The maximum absolute atomic E-state index is 13.2. The van der Waals surface area contributed by atoms with Crippen LogP contribution in [0.4, 0.5) is 5.69 Å². The van der Waals surface area contributed by atoms with E-state index in [1.807, 2.05) is 25.1 Å². The molecule has 31 heavy (non-hydrogen) atoms. The van der Waals surface area contributed by atoms with Gasteiger partial charge in [-0.25, -0.2) is 8.42 Å². The number of amides is 1. The molecular formula is C22H28N2O6S. The van der Waals surface area contributed by atoms with Gasteiger partial charge in [0.05, 0.1) is 25.1 Å². The van der Waals surface area contributed by atoms with Crippen molar-refractivity contribution in [3.8, 4) is 17.2 Å². The molecule has 0 fully saturated rings. The van der Waals surface area contributed by atoms with Crippen molar-refractivity contribution in [3.63, 3.8) is 0 Å². The minimum atomic E-state index is -3.73. The molecule has 2 atom stereocenters. The average molecular weight is 449 g/mol. The Bertz CT molecular complexity index is 1040. The predicted octanol–water partition coefficient (Wildman–Crippen LogP) is 2.89. The highest BCUT2D eigenvalue weighted by Crippen LogP contribution is 2.33. The quantitative estimate of drug-likeness (QED) is 0.667. The third-order valence-corrected chi connectivity index (χ3v) is 6.24. The lowest BCUT2D eigenvalue weighted by Gasteiger charge is -2.31. The van der Waals surface area contributed by atoms with Gasteiger partial charge in [0.15, 0.2) is 11.5 Å². The van der Waals surface area contributed by atoms with Gasteiger partial charge in [-0.3, -0.25) is 9.10 Å². The van der Waals surface area contributed by atoms with Crippen molar-refractivity contribution < 1.29 is 27.4 Å². The molecule has 0 saturated carbocycles. The Morgan fingerprint density at radius 1 is 1.16 bits per heavy atom. The van der Waals surface area contributed by atoms with Gasteiger partial charge >= 0.3 is 0 Å². The lowest BCUT2D eigenvalue weighted by atomic mass is 10.1. The number of methoxy groups -OCH3 is 1. The molecule has 0 radical (unpaired) electrons. The molecule has 3 rings (SSSR count). The SMILES string of the molecule is CC[C@H](C(=O)N[C@H](C)c1ccc2c(c1)OCCO2)N(c1cccc(OC)c1)S(C)(=O)=O. The number of nitrogens with zero attached hydrogens (tertiary/aromatic N) is 1. The number of nitrogens with one attached hydrogen (secondary N) is 1. The second kappa shape index (κ2) is 9.47. The highest BCUT2D eigenvalue weighted by Gasteiger charge is 2.32. The highest BCUT2D eigenvalue weighted by molar-refractivity contribution is 7.92. The minimum Gasteiger partial charge on any atom is -0.497 e. The van der Waals surface area contributed by atoms with Crippen LogP contribution in [-0.2, 0) is 14.8 Å². The van der Waals surface area contributed by atoms with E-state index in [2.05, 4.69) is 5.32 Å². The third kappa shape index (κ3) is 5.22. The summed E-state index contributed by atoms with van der Waals surface area (Å²) < 4.78 is 42.8. The number of anilines is 1. The van der Waals surface area contributed by atoms with E-state index >= 15 is 0 Å². The van der Waals surface area contributed by atoms with Crippen molar-refractivity contribution in [1.29, 1.82) is 0 Å². The second-order valence-corrected chi connectivity index (χ2v) is 9.18. The highest BCUT2D eigenvalue weighted by atomic mass is 32.2. The van der Waals surface area contributed by atoms with E-state index < -0.39 is 22.0 Å². The lowest BCUT2D eigenvalue weighted by molar-refractivity contribution is -0.122. The molecule has 2 aromatic carbocycles. The predicted molar refractivity (Wildman–Crippen MR) is 118 cm³/mol. The fraction of sp³-hybridized carbons (Fsp3) is 0.409. The number of sulfonamides is 1. The summed E-state index contributed by atoms with van der Waals surface area (Å²) >= 11 is 0. The molecule has 0 bridgehead atoms. The molecule has 1 amide bonds. The molecule has 1 N–H and O–H groups in total. The van der Waals surface area contributed by atoms with Crippen LogP contribution in [-0.4, -0.2) is 46.9 Å². The maximum atomic E-state index is 13.2. The van der Waals surface area contributed by atoms with Gasteiger partial charge in [-0.1, -0.05) is 19.1 Å². The van der Waals surface area contributed by atoms with Crippen molar-refractivity contribution in [2.75, 3.05) is 30.9 Å². The van der Waals surface area contributed by atoms with Crippen molar-refractivity contribution in [1.82, 2.24) is 5.32 Å². The number of hydrogen-bond donors (Lipinski definition) is 1. The van der Waals surface area contributed by atoms with E-state index in [9.17, 15) is 13.2 Å². The summed E-state index contributed by atoms with van der Waals surface area (Å²) in [5, 5.41) is 2.93. The van der Waals surface area contributed by atoms with Gasteiger partial charge in [0.25, 0.3) is 0 Å². The van der Waals surface area contributed by atoms with E-state index in [-0.39, 0.29) is 6.04 Å². The van der Waals surface area contributed by atoms with Crippen molar-refractivity contribution in [3.05, 3.63) is 48.0 Å². The minimum absolute atomic E-state index is 0.296. The van der Waals surface area contributed by atoms with Crippen molar-refractivity contribution in [2.45, 2.75) is 32.4 Å². The normalized spacial score (nSPS) is 15.0. The summed E-state index contributed by atoms with van der Waals surface area (Å²) in [5.74, 6) is 1.41. The van der Waals surface area contributed by atoms with E-state index in [0.717, 1.165) is 16.1 Å². The largest absolute Gasteiger partial charge is 0.497 e. The van der Waals surface area contributed by atoms with E-state index in [1.54, 1.807) is 31.2 Å². The lowest BCUT2D eigenvalue weighted by Crippen LogP contribution is -2.49. The Morgan fingerprint density at radius 3 is 2.52 bits per heavy atom. The molecular weight excluding hydrogens is 420 g/mol. The molecule has 1 aliphatic rings. The van der Waals surface area contributed by atoms with E-state index in [1.165, 1.54) is 7.11 Å². The number of carbonyl (C=O) groups is 1. The first-order chi connectivity index (χ1) is 14.7. The second-order valence-electron chi connectivity index (χ2n) is 7.32. The van der Waals surface area contributed by atoms with Crippen LogP contribution in [0.15, 0.2) is 42.5 Å². The van der Waals surface area contributed by atoms with Gasteiger partial charge in [0.1, 0.15) is 25.0 Å². The monoisotopic (exact) mass is 448 g/mol. The van der Waals surface area contributed by atoms with Gasteiger partial charge in [-0.2, -0.15) is 0 Å². The van der Waals surface area contributed by atoms with Gasteiger partial charge in [0.2, 0.25) is 15.9 Å². The molecule has 1 heterocycles. The Kier molecular flexibility index (Phi) is 6.94. The number of hydrogen-bond acceptors (Lipinski definition) is 6. The summed E-state index contributed by atoms with van der Waals surface area (Å²) in [6.07, 6.45) is 1.39. The van der Waals surface area contributed by atoms with Crippen LogP contribution in [0.25, 0.3) is 0 Å². The molecule has 1 aliphatic heterocycles. The maximum Gasteiger partial charge on any atom is 0.244 e. The van der Waals surface area contributed by atoms with Crippen LogP contribution < -0.4 is 23.8 Å². The first kappa shape index (κ1) is 22.7. The summed E-state index contributed by atoms with van der Waals surface area (Å²) in [7, 11) is -2.23. The Morgan fingerprint density at radius 2 is 1.87 bits per heavy atom. The van der Waals surface area contributed by atoms with Crippen molar-refractivity contribution in [2.24, 2.45) is 0 Å². The van der Waals surface area contributed by atoms with Crippen LogP contribution in [0, 0.1) is 0 Å². The van der Waals surface area contributed by atoms with Gasteiger partial charge in [0, 0.05) is 6.07 Å². The number of ether oxygens (including phenoxy) is 3. The van der Waals surface area contributed by atoms with Crippen LogP contribution in [0.5, 0.6) is 17.2 Å². The molecule has 0 unspecified atom stereocenters. The summed E-state index contributed by atoms with van der Waals surface area (Å²) in [5.41, 5.74) is 1.20. The number of benzene rings is 2. The standard InChI is InChI=1S/C22H28N2O6S/c1-5-19(24(31(4,26)27)17-7-6-8-18(14-17)28-3)22(25)23-15(2)16-9-10-20-21(13-16)30-12-11-29-20/h6-10,13-15,19H,5,11-12H2,1-4H3,(H,23,25)/t15-,19-/m1/s1. The fourth-order valence-electron chi connectivity index (χ4n) is 3.53. The molecule has 0 spiro atoms. The smallest absolute Gasteiger partial charge is 0.244 e. The third-order valence-electron chi connectivity index (χ3n) is 5.06. The zero-order valence-electron chi connectivity index (χ0n) is 18.1. The average Bonchev–Trinajstić information content (AvgIpc) is 2.75. The molecule has 0 aliphatic carbocycles. The van der Waals surface area contributed by atoms with Gasteiger partial charge < -0.3 is 19.5 Å². The molecule has 0 aromatic heterocycles. The Balaban J connectivity index is 1.84. The zero-order valence-corrected chi connectivity index (χ0v) is 18.9. The number of rotatable bonds is 8. The van der Waals surface area contributed by atoms with Crippen LogP contribution >= 0.6 is 0 Å². The van der Waals surface area contributed by atoms with Crippen LogP contribution in [0.3, 0.4) is 0 Å². The first-order valence-corrected chi connectivity index (χ1v) is 11.9. The van der Waals surface area contributed by atoms with Crippen molar-refractivity contribution >= 4 is 21.6 Å². The fourth-order valence-corrected chi connectivity index (χ4v) is 4.73. The van der Waals surface area contributed by atoms with Crippen LogP contribution in [0.2, 0.25) is 0 Å². The number of fused-ring (bicyclic) bond motifs is 1. The van der Waals surface area contributed by atoms with E-state index in [0.29, 0.717) is 42.6 Å².